The molecule has 1 heterocycles. The van der Waals surface area contributed by atoms with Crippen LogP contribution in [0.1, 0.15) is 20.7 Å². The molecular weight excluding hydrogens is 182 g/mol. The number of aromatic nitrogens is 1. The number of rotatable bonds is 2. The molecule has 62 valence electrons. The van der Waals surface area contributed by atoms with Crippen LogP contribution in [-0.4, -0.2) is 22.3 Å². The van der Waals surface area contributed by atoms with Gasteiger partial charge in [-0.1, -0.05) is 11.6 Å². The zero-order valence-electron chi connectivity index (χ0n) is 5.82. The van der Waals surface area contributed by atoms with Crippen molar-refractivity contribution in [1.29, 1.82) is 0 Å². The second-order valence-electron chi connectivity index (χ2n) is 1.99. The number of aldehydes is 1. The molecule has 0 aromatic carbocycles. The first-order valence-electron chi connectivity index (χ1n) is 2.99. The van der Waals surface area contributed by atoms with Gasteiger partial charge in [-0.25, -0.2) is 9.78 Å². The molecule has 0 aliphatic carbocycles. The minimum atomic E-state index is -1.25. The van der Waals surface area contributed by atoms with Crippen LogP contribution in [0.25, 0.3) is 0 Å². The molecule has 0 saturated heterocycles. The quantitative estimate of drug-likeness (QED) is 0.556. The largest absolute Gasteiger partial charge is 0.478 e. The van der Waals surface area contributed by atoms with Gasteiger partial charge in [-0.3, -0.25) is 4.79 Å². The van der Waals surface area contributed by atoms with E-state index in [1.54, 1.807) is 0 Å². The van der Waals surface area contributed by atoms with E-state index in [9.17, 15) is 9.59 Å². The van der Waals surface area contributed by atoms with Crippen LogP contribution >= 0.6 is 11.6 Å². The van der Waals surface area contributed by atoms with E-state index in [1.807, 2.05) is 0 Å². The zero-order chi connectivity index (χ0) is 9.14. The Kier molecular flexibility index (Phi) is 2.40. The van der Waals surface area contributed by atoms with Gasteiger partial charge in [-0.05, 0) is 6.07 Å². The molecular formula is C7H4ClNO3. The summed E-state index contributed by atoms with van der Waals surface area (Å²) >= 11 is 5.45. The van der Waals surface area contributed by atoms with Gasteiger partial charge in [0.25, 0.3) is 0 Å². The first-order chi connectivity index (χ1) is 5.66. The maximum atomic E-state index is 10.5. The molecule has 1 N–H and O–H groups in total. The number of pyridine rings is 1. The minimum absolute atomic E-state index is 0.0301. The van der Waals surface area contributed by atoms with Crippen molar-refractivity contribution in [2.24, 2.45) is 0 Å². The molecule has 0 amide bonds. The van der Waals surface area contributed by atoms with E-state index < -0.39 is 5.97 Å². The normalized spacial score (nSPS) is 9.42. The molecule has 0 aliphatic heterocycles. The van der Waals surface area contributed by atoms with Crippen LogP contribution < -0.4 is 0 Å². The number of halogens is 1. The fourth-order valence-electron chi connectivity index (χ4n) is 0.760. The summed E-state index contributed by atoms with van der Waals surface area (Å²) in [5.41, 5.74) is -0.225. The van der Waals surface area contributed by atoms with Crippen molar-refractivity contribution in [1.82, 2.24) is 4.98 Å². The maximum absolute atomic E-state index is 10.5. The fourth-order valence-corrected chi connectivity index (χ4v) is 1.01. The highest BCUT2D eigenvalue weighted by Gasteiger charge is 2.14. The summed E-state index contributed by atoms with van der Waals surface area (Å²) in [6.07, 6.45) is 1.70. The van der Waals surface area contributed by atoms with Gasteiger partial charge in [0.15, 0.2) is 6.29 Å². The molecule has 4 nitrogen and oxygen atoms in total. The van der Waals surface area contributed by atoms with Crippen LogP contribution in [0, 0.1) is 0 Å². The van der Waals surface area contributed by atoms with Gasteiger partial charge in [0, 0.05) is 11.8 Å². The highest BCUT2D eigenvalue weighted by Crippen LogP contribution is 2.15. The van der Waals surface area contributed by atoms with Crippen LogP contribution in [0.3, 0.4) is 0 Å². The Morgan fingerprint density at radius 1 is 1.67 bits per heavy atom. The van der Waals surface area contributed by atoms with Crippen LogP contribution in [0.2, 0.25) is 5.15 Å². The molecule has 0 bridgehead atoms. The van der Waals surface area contributed by atoms with E-state index >= 15 is 0 Å². The minimum Gasteiger partial charge on any atom is -0.478 e. The lowest BCUT2D eigenvalue weighted by atomic mass is 10.1. The smallest absolute Gasteiger partial charge is 0.339 e. The van der Waals surface area contributed by atoms with Gasteiger partial charge >= 0.3 is 5.97 Å². The SMILES string of the molecule is O=Cc1ccnc(Cl)c1C(=O)O. The third-order valence-corrected chi connectivity index (χ3v) is 1.56. The van der Waals surface area contributed by atoms with Crippen molar-refractivity contribution in [3.8, 4) is 0 Å². The molecule has 0 spiro atoms. The molecule has 0 unspecified atom stereocenters. The van der Waals surface area contributed by atoms with Gasteiger partial charge in [0.1, 0.15) is 10.7 Å². The lowest BCUT2D eigenvalue weighted by Crippen LogP contribution is -2.03. The van der Waals surface area contributed by atoms with Crippen LogP contribution in [0.15, 0.2) is 12.3 Å². The molecule has 0 aliphatic rings. The number of carboxylic acid groups (broad SMARTS) is 1. The van der Waals surface area contributed by atoms with Gasteiger partial charge < -0.3 is 5.11 Å². The predicted octanol–water partition coefficient (Wildman–Crippen LogP) is 1.25. The summed E-state index contributed by atoms with van der Waals surface area (Å²) in [7, 11) is 0. The van der Waals surface area contributed by atoms with Crippen LogP contribution in [-0.2, 0) is 0 Å². The van der Waals surface area contributed by atoms with Gasteiger partial charge in [-0.15, -0.1) is 0 Å². The second-order valence-corrected chi connectivity index (χ2v) is 2.35. The average Bonchev–Trinajstić information content (AvgIpc) is 2.03. The number of nitrogens with zero attached hydrogens (tertiary/aromatic N) is 1. The van der Waals surface area contributed by atoms with Crippen molar-refractivity contribution in [3.63, 3.8) is 0 Å². The van der Waals surface area contributed by atoms with Crippen molar-refractivity contribution >= 4 is 23.9 Å². The van der Waals surface area contributed by atoms with Gasteiger partial charge in [0.05, 0.1) is 0 Å². The van der Waals surface area contributed by atoms with E-state index in [2.05, 4.69) is 4.98 Å². The number of hydrogen-bond donors (Lipinski definition) is 1. The third kappa shape index (κ3) is 1.43. The average molecular weight is 186 g/mol. The van der Waals surface area contributed by atoms with E-state index in [4.69, 9.17) is 16.7 Å². The topological polar surface area (TPSA) is 67.3 Å². The maximum Gasteiger partial charge on any atom is 0.339 e. The van der Waals surface area contributed by atoms with Gasteiger partial charge in [0.2, 0.25) is 0 Å². The molecule has 1 rings (SSSR count). The number of hydrogen-bond acceptors (Lipinski definition) is 3. The second kappa shape index (κ2) is 3.32. The first-order valence-corrected chi connectivity index (χ1v) is 3.37. The third-order valence-electron chi connectivity index (χ3n) is 1.28. The molecule has 1 aromatic heterocycles. The summed E-state index contributed by atoms with van der Waals surface area (Å²) < 4.78 is 0. The van der Waals surface area contributed by atoms with E-state index in [1.165, 1.54) is 12.3 Å². The molecule has 0 radical (unpaired) electrons. The fraction of sp³-hybridized carbons (Fsp3) is 0. The number of carbonyl (C=O) groups excluding carboxylic acids is 1. The molecule has 0 fully saturated rings. The molecule has 0 saturated carbocycles. The van der Waals surface area contributed by atoms with Gasteiger partial charge in [-0.2, -0.15) is 0 Å². The highest BCUT2D eigenvalue weighted by atomic mass is 35.5. The van der Waals surface area contributed by atoms with E-state index in [0.29, 0.717) is 6.29 Å². The lowest BCUT2D eigenvalue weighted by molar-refractivity contribution is 0.0693. The van der Waals surface area contributed by atoms with Crippen LogP contribution in [0.4, 0.5) is 0 Å². The monoisotopic (exact) mass is 185 g/mol. The van der Waals surface area contributed by atoms with Crippen molar-refractivity contribution in [2.45, 2.75) is 0 Å². The molecule has 12 heavy (non-hydrogen) atoms. The number of carbonyl (C=O) groups is 2. The molecule has 1 aromatic rings. The number of carboxylic acids is 1. The Labute approximate surface area is 72.8 Å². The summed E-state index contributed by atoms with van der Waals surface area (Å²) in [5, 5.41) is 8.42. The predicted molar refractivity (Wildman–Crippen MR) is 41.6 cm³/mol. The molecule has 0 atom stereocenters. The Balaban J connectivity index is 3.39. The Morgan fingerprint density at radius 2 is 2.33 bits per heavy atom. The first kappa shape index (κ1) is 8.67. The summed E-state index contributed by atoms with van der Waals surface area (Å²) in [6.45, 7) is 0. The van der Waals surface area contributed by atoms with Crippen molar-refractivity contribution in [3.05, 3.63) is 28.5 Å². The Morgan fingerprint density at radius 3 is 2.75 bits per heavy atom. The lowest BCUT2D eigenvalue weighted by Gasteiger charge is -1.98. The Hall–Kier alpha value is -1.42. The van der Waals surface area contributed by atoms with Crippen molar-refractivity contribution < 1.29 is 14.7 Å². The summed E-state index contributed by atoms with van der Waals surface area (Å²) in [4.78, 5) is 24.4. The standard InChI is InChI=1S/C7H4ClNO3/c8-6-5(7(11)12)4(3-10)1-2-9-6/h1-3H,(H,11,12). The molecule has 5 heteroatoms. The Bertz CT molecular complexity index is 337. The highest BCUT2D eigenvalue weighted by molar-refractivity contribution is 6.32. The summed E-state index contributed by atoms with van der Waals surface area (Å²) in [5.74, 6) is -1.25. The van der Waals surface area contributed by atoms with E-state index in [0.717, 1.165) is 0 Å². The van der Waals surface area contributed by atoms with E-state index in [-0.39, 0.29) is 16.3 Å². The van der Waals surface area contributed by atoms with Crippen LogP contribution in [0.5, 0.6) is 0 Å². The zero-order valence-corrected chi connectivity index (χ0v) is 6.58. The summed E-state index contributed by atoms with van der Waals surface area (Å²) in [6, 6.07) is 1.29. The van der Waals surface area contributed by atoms with Crippen molar-refractivity contribution in [2.75, 3.05) is 0 Å². The number of aromatic carboxylic acids is 1.